The van der Waals surface area contributed by atoms with E-state index in [1.165, 1.54) is 57.7 Å². The van der Waals surface area contributed by atoms with E-state index in [0.717, 1.165) is 17.7 Å². The Labute approximate surface area is 115 Å². The van der Waals surface area contributed by atoms with E-state index in [0.29, 0.717) is 5.54 Å². The predicted octanol–water partition coefficient (Wildman–Crippen LogP) is 1.24. The monoisotopic (exact) mass is 269 g/mol. The van der Waals surface area contributed by atoms with Gasteiger partial charge in [0, 0.05) is 42.7 Å². The molecule has 0 radical (unpaired) electrons. The lowest BCUT2D eigenvalue weighted by molar-refractivity contribution is 0.00986. The zero-order valence-electron chi connectivity index (χ0n) is 11.6. The maximum Gasteiger partial charge on any atom is 0.0385 e. The molecular weight excluding hydrogens is 242 g/mol. The third kappa shape index (κ3) is 2.11. The van der Waals surface area contributed by atoms with Crippen LogP contribution in [0, 0.1) is 5.92 Å². The molecule has 3 fully saturated rings. The van der Waals surface area contributed by atoms with Gasteiger partial charge in [-0.2, -0.15) is 11.8 Å². The molecule has 0 aliphatic carbocycles. The van der Waals surface area contributed by atoms with E-state index in [-0.39, 0.29) is 0 Å². The highest BCUT2D eigenvalue weighted by atomic mass is 32.2. The molecule has 4 atom stereocenters. The first-order valence-corrected chi connectivity index (χ1v) is 8.62. The Morgan fingerprint density at radius 1 is 1.28 bits per heavy atom. The summed E-state index contributed by atoms with van der Waals surface area (Å²) >= 11 is 2.17. The number of fused-ring (bicyclic) bond motifs is 2. The van der Waals surface area contributed by atoms with E-state index in [9.17, 15) is 0 Å². The van der Waals surface area contributed by atoms with Crippen molar-refractivity contribution in [3.8, 4) is 0 Å². The van der Waals surface area contributed by atoms with Crippen molar-refractivity contribution >= 4 is 11.8 Å². The van der Waals surface area contributed by atoms with Gasteiger partial charge in [0.15, 0.2) is 0 Å². The molecule has 104 valence electrons. The van der Waals surface area contributed by atoms with Gasteiger partial charge in [-0.3, -0.25) is 4.90 Å². The van der Waals surface area contributed by atoms with Crippen molar-refractivity contribution in [1.29, 1.82) is 0 Å². The van der Waals surface area contributed by atoms with Crippen LogP contribution >= 0.6 is 11.8 Å². The average molecular weight is 269 g/mol. The molecule has 3 nitrogen and oxygen atoms in total. The van der Waals surface area contributed by atoms with Gasteiger partial charge in [-0.1, -0.05) is 6.92 Å². The molecule has 3 aliphatic rings. The van der Waals surface area contributed by atoms with Crippen LogP contribution in [-0.2, 0) is 0 Å². The predicted molar refractivity (Wildman–Crippen MR) is 79.1 cm³/mol. The first-order chi connectivity index (χ1) is 8.78. The molecule has 3 saturated heterocycles. The van der Waals surface area contributed by atoms with Crippen LogP contribution < -0.4 is 5.73 Å². The third-order valence-electron chi connectivity index (χ3n) is 5.47. The molecule has 0 amide bonds. The lowest BCUT2D eigenvalue weighted by atomic mass is 9.77. The molecule has 3 heterocycles. The van der Waals surface area contributed by atoms with Gasteiger partial charge in [-0.15, -0.1) is 0 Å². The fourth-order valence-electron chi connectivity index (χ4n) is 4.22. The lowest BCUT2D eigenvalue weighted by Crippen LogP contribution is -2.64. The zero-order chi connectivity index (χ0) is 12.6. The first kappa shape index (κ1) is 13.2. The molecule has 0 aromatic rings. The highest BCUT2D eigenvalue weighted by Crippen LogP contribution is 2.41. The minimum atomic E-state index is 0.335. The molecule has 3 aliphatic heterocycles. The van der Waals surface area contributed by atoms with Crippen molar-refractivity contribution in [1.82, 2.24) is 9.80 Å². The lowest BCUT2D eigenvalue weighted by Gasteiger charge is -2.52. The van der Waals surface area contributed by atoms with Gasteiger partial charge in [0.1, 0.15) is 0 Å². The topological polar surface area (TPSA) is 32.5 Å². The van der Waals surface area contributed by atoms with Gasteiger partial charge in [0.25, 0.3) is 0 Å². The maximum absolute atomic E-state index is 6.27. The molecule has 18 heavy (non-hydrogen) atoms. The van der Waals surface area contributed by atoms with Crippen LogP contribution in [0.2, 0.25) is 0 Å². The Kier molecular flexibility index (Phi) is 3.90. The number of thioether (sulfide) groups is 1. The van der Waals surface area contributed by atoms with E-state index < -0.39 is 0 Å². The summed E-state index contributed by atoms with van der Waals surface area (Å²) in [5, 5.41) is 0.835. The summed E-state index contributed by atoms with van der Waals surface area (Å²) in [6.45, 7) is 9.61. The Morgan fingerprint density at radius 2 is 2.17 bits per heavy atom. The molecule has 4 heteroatoms. The van der Waals surface area contributed by atoms with Crippen LogP contribution in [0.25, 0.3) is 0 Å². The summed E-state index contributed by atoms with van der Waals surface area (Å²) in [6.07, 6.45) is 3.98. The summed E-state index contributed by atoms with van der Waals surface area (Å²) in [6, 6.07) is 0. The summed E-state index contributed by atoms with van der Waals surface area (Å²) in [7, 11) is 0. The fourth-order valence-corrected chi connectivity index (χ4v) is 5.40. The van der Waals surface area contributed by atoms with Crippen LogP contribution in [0.3, 0.4) is 0 Å². The first-order valence-electron chi connectivity index (χ1n) is 7.57. The van der Waals surface area contributed by atoms with Crippen LogP contribution in [0.5, 0.6) is 0 Å². The molecule has 2 N–H and O–H groups in total. The van der Waals surface area contributed by atoms with Crippen LogP contribution in [0.15, 0.2) is 0 Å². The SMILES string of the molecule is CCC1CN(C2(CN)CCN3CCC2C3)CCS1. The summed E-state index contributed by atoms with van der Waals surface area (Å²) < 4.78 is 0. The highest BCUT2D eigenvalue weighted by molar-refractivity contribution is 8.00. The van der Waals surface area contributed by atoms with Crippen molar-refractivity contribution in [2.75, 3.05) is 45.0 Å². The average Bonchev–Trinajstić information content (AvgIpc) is 2.84. The van der Waals surface area contributed by atoms with Crippen molar-refractivity contribution in [2.24, 2.45) is 11.7 Å². The molecule has 4 unspecified atom stereocenters. The van der Waals surface area contributed by atoms with Gasteiger partial charge >= 0.3 is 0 Å². The zero-order valence-corrected chi connectivity index (χ0v) is 12.4. The second-order valence-corrected chi connectivity index (χ2v) is 7.60. The summed E-state index contributed by atoms with van der Waals surface area (Å²) in [5.41, 5.74) is 6.61. The van der Waals surface area contributed by atoms with E-state index in [1.54, 1.807) is 0 Å². The second kappa shape index (κ2) is 5.31. The minimum Gasteiger partial charge on any atom is -0.329 e. The van der Waals surface area contributed by atoms with Gasteiger partial charge < -0.3 is 10.6 Å². The third-order valence-corrected chi connectivity index (χ3v) is 6.84. The molecule has 3 rings (SSSR count). The van der Waals surface area contributed by atoms with E-state index >= 15 is 0 Å². The molecule has 0 spiro atoms. The minimum absolute atomic E-state index is 0.335. The van der Waals surface area contributed by atoms with Crippen LogP contribution in [0.4, 0.5) is 0 Å². The van der Waals surface area contributed by atoms with E-state index in [2.05, 4.69) is 28.5 Å². The van der Waals surface area contributed by atoms with Gasteiger partial charge in [-0.05, 0) is 38.3 Å². The van der Waals surface area contributed by atoms with Crippen LogP contribution in [0.1, 0.15) is 26.2 Å². The summed E-state index contributed by atoms with van der Waals surface area (Å²) in [4.78, 5) is 5.42. The number of piperidine rings is 1. The molecule has 0 aromatic heterocycles. The van der Waals surface area contributed by atoms with E-state index in [4.69, 9.17) is 5.73 Å². The van der Waals surface area contributed by atoms with Crippen molar-refractivity contribution in [3.63, 3.8) is 0 Å². The Hall–Kier alpha value is 0.230. The van der Waals surface area contributed by atoms with Gasteiger partial charge in [-0.25, -0.2) is 0 Å². The largest absolute Gasteiger partial charge is 0.329 e. The molecule has 2 bridgehead atoms. The fraction of sp³-hybridized carbons (Fsp3) is 1.00. The number of rotatable bonds is 3. The maximum atomic E-state index is 6.27. The number of hydrogen-bond acceptors (Lipinski definition) is 4. The molecule has 0 saturated carbocycles. The van der Waals surface area contributed by atoms with Crippen molar-refractivity contribution < 1.29 is 0 Å². The van der Waals surface area contributed by atoms with E-state index in [1.807, 2.05) is 0 Å². The van der Waals surface area contributed by atoms with Gasteiger partial charge in [0.2, 0.25) is 0 Å². The Balaban J connectivity index is 1.77. The normalized spacial score (nSPS) is 45.3. The smallest absolute Gasteiger partial charge is 0.0385 e. The summed E-state index contributed by atoms with van der Waals surface area (Å²) in [5.74, 6) is 2.13. The quantitative estimate of drug-likeness (QED) is 0.835. The van der Waals surface area contributed by atoms with Gasteiger partial charge in [0.05, 0.1) is 0 Å². The molecule has 0 aromatic carbocycles. The number of nitrogens with zero attached hydrogens (tertiary/aromatic N) is 2. The van der Waals surface area contributed by atoms with Crippen molar-refractivity contribution in [3.05, 3.63) is 0 Å². The second-order valence-electron chi connectivity index (χ2n) is 6.19. The molecular formula is C14H27N3S. The standard InChI is InChI=1S/C14H27N3S/c1-2-13-10-17(7-8-18-13)14(11-15)4-6-16-5-3-12(14)9-16/h12-13H,2-11,15H2,1H3. The number of hydrogen-bond donors (Lipinski definition) is 1. The highest BCUT2D eigenvalue weighted by Gasteiger charge is 2.49. The number of nitrogens with two attached hydrogens (primary N) is 1. The Morgan fingerprint density at radius 3 is 2.94 bits per heavy atom. The van der Waals surface area contributed by atoms with Crippen LogP contribution in [-0.4, -0.2) is 65.6 Å². The Bertz CT molecular complexity index is 299. The van der Waals surface area contributed by atoms with Crippen molar-refractivity contribution in [2.45, 2.75) is 37.0 Å².